The minimum absolute atomic E-state index is 0.159. The van der Waals surface area contributed by atoms with Gasteiger partial charge in [-0.05, 0) is 50.0 Å². The van der Waals surface area contributed by atoms with Crippen LogP contribution < -0.4 is 16.4 Å². The number of fused-ring (bicyclic) bond motifs is 3. The average molecular weight is 567 g/mol. The van der Waals surface area contributed by atoms with E-state index in [1.54, 1.807) is 0 Å². The Morgan fingerprint density at radius 3 is 2.40 bits per heavy atom. The van der Waals surface area contributed by atoms with Gasteiger partial charge in [0.1, 0.15) is 22.8 Å². The molecule has 2 fully saturated rings. The van der Waals surface area contributed by atoms with Crippen LogP contribution in [0.5, 0.6) is 5.75 Å². The number of likely N-dealkylation sites (N-methyl/N-ethyl adjacent to an activating group) is 1. The molecule has 0 radical (unpaired) electrons. The minimum Gasteiger partial charge on any atom is -0.508 e. The number of phenolic OH excluding ortho intramolecular Hbond substituents is 1. The summed E-state index contributed by atoms with van der Waals surface area (Å²) in [5.41, 5.74) is -1.37. The summed E-state index contributed by atoms with van der Waals surface area (Å²) in [7, 11) is 2.87. The number of aliphatic hydroxyl groups is 3. The lowest BCUT2D eigenvalue weighted by molar-refractivity contribution is -0.153. The van der Waals surface area contributed by atoms with Crippen molar-refractivity contribution in [1.29, 1.82) is 0 Å². The largest absolute Gasteiger partial charge is 0.508 e. The average Bonchev–Trinajstić information content (AvgIpc) is 2.85. The lowest BCUT2D eigenvalue weighted by atomic mass is 9.57. The normalized spacial score (nSPS) is 30.8. The molecule has 5 rings (SSSR count). The Labute approximate surface area is 226 Å². The van der Waals surface area contributed by atoms with Gasteiger partial charge in [-0.25, -0.2) is 0 Å². The van der Waals surface area contributed by atoms with Crippen LogP contribution in [-0.2, 0) is 27.0 Å². The summed E-state index contributed by atoms with van der Waals surface area (Å²) in [6, 6.07) is -1.23. The Kier molecular flexibility index (Phi) is 6.53. The van der Waals surface area contributed by atoms with Crippen molar-refractivity contribution < 1.29 is 48.0 Å². The van der Waals surface area contributed by atoms with Gasteiger partial charge in [0.15, 0.2) is 11.4 Å². The number of Topliss-reactive ketones (excluding diaryl/α,β-unsaturated/α-hetero) is 2. The van der Waals surface area contributed by atoms with E-state index in [4.69, 9.17) is 5.73 Å². The first-order valence-electron chi connectivity index (χ1n) is 12.7. The van der Waals surface area contributed by atoms with Gasteiger partial charge in [0.25, 0.3) is 5.91 Å². The van der Waals surface area contributed by atoms with E-state index >= 15 is 0 Å². The number of hydrogen-bond acceptors (Lipinski definition) is 10. The van der Waals surface area contributed by atoms with Crippen molar-refractivity contribution in [1.82, 2.24) is 15.5 Å². The van der Waals surface area contributed by atoms with Crippen LogP contribution in [0.2, 0.25) is 0 Å². The highest BCUT2D eigenvalue weighted by molar-refractivity contribution is 6.24. The third-order valence-corrected chi connectivity index (χ3v) is 8.45. The molecular formula is C26H29F3N4O7. The molecule has 1 saturated heterocycles. The number of nitrogens with two attached hydrogens (primary N) is 1. The molecule has 1 saturated carbocycles. The van der Waals surface area contributed by atoms with E-state index in [1.165, 1.54) is 19.0 Å². The Bertz CT molecular complexity index is 1400. The molecule has 1 unspecified atom stereocenters. The second kappa shape index (κ2) is 9.29. The predicted molar refractivity (Wildman–Crippen MR) is 133 cm³/mol. The molecule has 0 bridgehead atoms. The minimum atomic E-state index is -4.90. The second-order valence-electron chi connectivity index (χ2n) is 10.9. The molecule has 1 aliphatic heterocycles. The lowest BCUT2D eigenvalue weighted by Gasteiger charge is -2.50. The number of carbonyl (C=O) groups is 3. The van der Waals surface area contributed by atoms with Crippen molar-refractivity contribution in [3.8, 4) is 5.75 Å². The summed E-state index contributed by atoms with van der Waals surface area (Å²) >= 11 is 0. The summed E-state index contributed by atoms with van der Waals surface area (Å²) in [6.07, 6.45) is -5.66. The van der Waals surface area contributed by atoms with E-state index in [1.807, 2.05) is 0 Å². The van der Waals surface area contributed by atoms with Crippen molar-refractivity contribution >= 4 is 23.2 Å². The zero-order chi connectivity index (χ0) is 29.5. The number of piperazine rings is 1. The fraction of sp³-hybridized carbons (Fsp3) is 0.500. The molecule has 0 spiro atoms. The fourth-order valence-electron chi connectivity index (χ4n) is 6.83. The van der Waals surface area contributed by atoms with Gasteiger partial charge < -0.3 is 36.8 Å². The van der Waals surface area contributed by atoms with Crippen LogP contribution in [0.1, 0.15) is 34.7 Å². The number of nitrogens with one attached hydrogen (secondary N) is 2. The molecule has 1 amide bonds. The summed E-state index contributed by atoms with van der Waals surface area (Å²) in [5.74, 6) is -9.05. The highest BCUT2D eigenvalue weighted by Crippen LogP contribution is 2.54. The van der Waals surface area contributed by atoms with Crippen LogP contribution in [0.3, 0.4) is 0 Å². The first-order chi connectivity index (χ1) is 18.6. The van der Waals surface area contributed by atoms with E-state index in [0.29, 0.717) is 13.1 Å². The molecule has 14 heteroatoms. The van der Waals surface area contributed by atoms with Crippen molar-refractivity contribution in [2.75, 3.05) is 33.7 Å². The summed E-state index contributed by atoms with van der Waals surface area (Å²) in [5, 5.41) is 50.5. The van der Waals surface area contributed by atoms with E-state index in [0.717, 1.165) is 6.07 Å². The zero-order valence-electron chi connectivity index (χ0n) is 21.6. The van der Waals surface area contributed by atoms with Crippen molar-refractivity contribution in [3.05, 3.63) is 45.2 Å². The smallest absolute Gasteiger partial charge is 0.417 e. The fourth-order valence-corrected chi connectivity index (χ4v) is 6.83. The number of aliphatic hydroxyl groups excluding tert-OH is 2. The number of ketones is 2. The maximum absolute atomic E-state index is 14.6. The first kappa shape index (κ1) is 28.1. The van der Waals surface area contributed by atoms with Gasteiger partial charge in [0.2, 0.25) is 5.78 Å². The Morgan fingerprint density at radius 2 is 1.85 bits per heavy atom. The number of carbonyl (C=O) groups excluding carboxylic acids is 3. The number of alkyl halides is 3. The van der Waals surface area contributed by atoms with E-state index in [2.05, 4.69) is 10.6 Å². The molecule has 11 nitrogen and oxygen atoms in total. The Balaban J connectivity index is 1.75. The monoisotopic (exact) mass is 566 g/mol. The van der Waals surface area contributed by atoms with Gasteiger partial charge in [0, 0.05) is 37.2 Å². The van der Waals surface area contributed by atoms with Gasteiger partial charge in [-0.1, -0.05) is 0 Å². The van der Waals surface area contributed by atoms with Crippen LogP contribution in [0.25, 0.3) is 5.76 Å². The third kappa shape index (κ3) is 3.84. The van der Waals surface area contributed by atoms with Crippen molar-refractivity contribution in [3.63, 3.8) is 0 Å². The number of benzene rings is 1. The molecule has 1 aromatic rings. The van der Waals surface area contributed by atoms with Crippen molar-refractivity contribution in [2.24, 2.45) is 17.6 Å². The molecule has 0 aromatic heterocycles. The molecule has 5 atom stereocenters. The van der Waals surface area contributed by atoms with Crippen LogP contribution in [0, 0.1) is 11.8 Å². The number of rotatable bonds is 3. The van der Waals surface area contributed by atoms with E-state index < -0.39 is 105 Å². The van der Waals surface area contributed by atoms with Crippen LogP contribution in [-0.4, -0.2) is 88.2 Å². The van der Waals surface area contributed by atoms with Crippen LogP contribution >= 0.6 is 0 Å². The highest BCUT2D eigenvalue weighted by Gasteiger charge is 2.64. The topological polar surface area (TPSA) is 185 Å². The molecular weight excluding hydrogens is 537 g/mol. The van der Waals surface area contributed by atoms with Gasteiger partial charge in [-0.2, -0.15) is 13.2 Å². The predicted octanol–water partition coefficient (Wildman–Crippen LogP) is 0.217. The summed E-state index contributed by atoms with van der Waals surface area (Å²) < 4.78 is 43.8. The maximum Gasteiger partial charge on any atom is 0.417 e. The third-order valence-electron chi connectivity index (χ3n) is 8.45. The van der Waals surface area contributed by atoms with E-state index in [9.17, 15) is 48.0 Å². The molecule has 3 aliphatic carbocycles. The van der Waals surface area contributed by atoms with Gasteiger partial charge >= 0.3 is 6.18 Å². The first-order valence-corrected chi connectivity index (χ1v) is 12.7. The Hall–Kier alpha value is -3.46. The molecule has 4 aliphatic rings. The summed E-state index contributed by atoms with van der Waals surface area (Å²) in [4.78, 5) is 40.4. The van der Waals surface area contributed by atoms with Gasteiger partial charge in [-0.3, -0.25) is 19.3 Å². The molecule has 1 aromatic carbocycles. The van der Waals surface area contributed by atoms with E-state index in [-0.39, 0.29) is 18.5 Å². The number of primary amides is 1. The number of amides is 1. The number of halogens is 3. The highest BCUT2D eigenvalue weighted by atomic mass is 19.4. The number of aromatic hydroxyl groups is 1. The number of phenols is 1. The quantitative estimate of drug-likeness (QED) is 0.250. The SMILES string of the molecule is CN(C)[C@@H]1C(=O)C(C(N)=O)=C(O)[C@@]2(O)C(=O)C3=C(O)c4c(O)cc(C5CNCCN5)c(C(F)(F)F)c4C[C@H]3C[C@@H]12. The summed E-state index contributed by atoms with van der Waals surface area (Å²) in [6.45, 7) is 1.09. The maximum atomic E-state index is 14.6. The lowest BCUT2D eigenvalue weighted by Crippen LogP contribution is -2.65. The van der Waals surface area contributed by atoms with Crippen molar-refractivity contribution in [2.45, 2.75) is 36.7 Å². The molecule has 1 heterocycles. The van der Waals surface area contributed by atoms with Gasteiger partial charge in [0.05, 0.1) is 17.2 Å². The molecule has 8 N–H and O–H groups in total. The molecule has 216 valence electrons. The van der Waals surface area contributed by atoms with Gasteiger partial charge in [-0.15, -0.1) is 0 Å². The molecule has 40 heavy (non-hydrogen) atoms. The van der Waals surface area contributed by atoms with Crippen LogP contribution in [0.15, 0.2) is 23.0 Å². The standard InChI is InChI=1S/C26H29F3N4O7/c1-33(2)19-12-6-9-5-11-16(14(34)7-10(18(11)26(27,28)29)13-8-31-3-4-32-13)20(35)15(9)22(37)25(12,40)23(38)17(21(19)36)24(30)39/h7,9,12-13,19,31-32,34-35,38,40H,3-6,8H2,1-2H3,(H2,30,39)/t9-,12-,13?,19-,25-/m0/s1. The number of nitrogens with zero attached hydrogens (tertiary/aromatic N) is 1. The second-order valence-corrected chi connectivity index (χ2v) is 10.9. The van der Waals surface area contributed by atoms with Crippen LogP contribution in [0.4, 0.5) is 13.2 Å². The zero-order valence-corrected chi connectivity index (χ0v) is 21.6. The number of hydrogen-bond donors (Lipinski definition) is 7. The Morgan fingerprint density at radius 1 is 1.18 bits per heavy atom.